The van der Waals surface area contributed by atoms with Crippen molar-refractivity contribution in [3.63, 3.8) is 0 Å². The van der Waals surface area contributed by atoms with Crippen LogP contribution in [0.25, 0.3) is 0 Å². The van der Waals surface area contributed by atoms with E-state index < -0.39 is 27.2 Å². The van der Waals surface area contributed by atoms with Crippen LogP contribution in [0.1, 0.15) is 13.3 Å². The number of carbonyl (C=O) groups is 1. The molecule has 0 saturated carbocycles. The number of hydrogen-bond donors (Lipinski definition) is 1. The van der Waals surface area contributed by atoms with Crippen molar-refractivity contribution < 1.29 is 22.7 Å². The molecule has 1 saturated heterocycles. The minimum absolute atomic E-state index is 0.0674. The molecule has 110 valence electrons. The lowest BCUT2D eigenvalue weighted by molar-refractivity contribution is -0.146. The monoisotopic (exact) mass is 321 g/mol. The lowest BCUT2D eigenvalue weighted by Crippen LogP contribution is -2.35. The maximum Gasteiger partial charge on any atom is 0.310 e. The van der Waals surface area contributed by atoms with Crippen molar-refractivity contribution >= 4 is 27.6 Å². The minimum Gasteiger partial charge on any atom is -0.481 e. The van der Waals surface area contributed by atoms with E-state index in [0.29, 0.717) is 0 Å². The molecule has 1 fully saturated rings. The standard InChI is InChI=1S/C12H13ClFNO4S/c1-12(11(16)17)4-5-15(7-12)20(18,19)10-6-8(14)2-3-9(10)13/h2-3,6H,4-5,7H2,1H3,(H,16,17)/t12-/m1/s1. The van der Waals surface area contributed by atoms with Gasteiger partial charge in [0.05, 0.1) is 10.4 Å². The van der Waals surface area contributed by atoms with Crippen molar-refractivity contribution in [2.45, 2.75) is 18.2 Å². The van der Waals surface area contributed by atoms with Gasteiger partial charge in [0.15, 0.2) is 0 Å². The van der Waals surface area contributed by atoms with E-state index in [1.54, 1.807) is 0 Å². The molecule has 1 aliphatic heterocycles. The lowest BCUT2D eigenvalue weighted by Gasteiger charge is -2.20. The fourth-order valence-electron chi connectivity index (χ4n) is 2.11. The van der Waals surface area contributed by atoms with Crippen LogP contribution in [0.5, 0.6) is 0 Å². The fraction of sp³-hybridized carbons (Fsp3) is 0.417. The van der Waals surface area contributed by atoms with E-state index in [2.05, 4.69) is 0 Å². The highest BCUT2D eigenvalue weighted by Crippen LogP contribution is 2.35. The number of carboxylic acid groups (broad SMARTS) is 1. The summed E-state index contributed by atoms with van der Waals surface area (Å²) >= 11 is 5.80. The highest BCUT2D eigenvalue weighted by molar-refractivity contribution is 7.89. The van der Waals surface area contributed by atoms with Crippen LogP contribution >= 0.6 is 11.6 Å². The third-order valence-corrected chi connectivity index (χ3v) is 5.79. The van der Waals surface area contributed by atoms with Crippen LogP contribution in [0.3, 0.4) is 0 Å². The van der Waals surface area contributed by atoms with Crippen LogP contribution < -0.4 is 0 Å². The molecule has 1 heterocycles. The van der Waals surface area contributed by atoms with Gasteiger partial charge in [-0.2, -0.15) is 4.31 Å². The molecule has 2 rings (SSSR count). The molecular weight excluding hydrogens is 309 g/mol. The summed E-state index contributed by atoms with van der Waals surface area (Å²) in [5.41, 5.74) is -1.13. The Labute approximate surface area is 121 Å². The Kier molecular flexibility index (Phi) is 3.79. The van der Waals surface area contributed by atoms with Crippen molar-refractivity contribution in [2.24, 2.45) is 5.41 Å². The number of sulfonamides is 1. The summed E-state index contributed by atoms with van der Waals surface area (Å²) in [7, 11) is -4.00. The lowest BCUT2D eigenvalue weighted by atomic mass is 9.90. The first kappa shape index (κ1) is 15.2. The van der Waals surface area contributed by atoms with Crippen LogP contribution in [0, 0.1) is 11.2 Å². The Bertz CT molecular complexity index is 663. The summed E-state index contributed by atoms with van der Waals surface area (Å²) in [6, 6.07) is 3.07. The molecule has 0 unspecified atom stereocenters. The summed E-state index contributed by atoms with van der Waals surface area (Å²) in [5.74, 6) is -1.77. The second kappa shape index (κ2) is 4.98. The Morgan fingerprint density at radius 3 is 2.70 bits per heavy atom. The van der Waals surface area contributed by atoms with Crippen LogP contribution in [0.4, 0.5) is 4.39 Å². The number of aliphatic carboxylic acids is 1. The second-order valence-electron chi connectivity index (χ2n) is 5.03. The van der Waals surface area contributed by atoms with Gasteiger partial charge in [-0.25, -0.2) is 12.8 Å². The van der Waals surface area contributed by atoms with Crippen molar-refractivity contribution in [3.05, 3.63) is 29.0 Å². The minimum atomic E-state index is -4.00. The van der Waals surface area contributed by atoms with E-state index in [0.717, 1.165) is 22.5 Å². The SMILES string of the molecule is C[C@@]1(C(=O)O)CCN(S(=O)(=O)c2cc(F)ccc2Cl)C1. The van der Waals surface area contributed by atoms with Gasteiger partial charge < -0.3 is 5.11 Å². The van der Waals surface area contributed by atoms with E-state index >= 15 is 0 Å². The number of rotatable bonds is 3. The van der Waals surface area contributed by atoms with Crippen LogP contribution in [0.15, 0.2) is 23.1 Å². The quantitative estimate of drug-likeness (QED) is 0.923. The molecule has 1 aliphatic rings. The van der Waals surface area contributed by atoms with Crippen LogP contribution in [-0.2, 0) is 14.8 Å². The highest BCUT2D eigenvalue weighted by Gasteiger charge is 2.45. The first-order valence-corrected chi connectivity index (χ1v) is 7.67. The van der Waals surface area contributed by atoms with E-state index in [9.17, 15) is 17.6 Å². The van der Waals surface area contributed by atoms with E-state index in [4.69, 9.17) is 16.7 Å². The molecule has 8 heteroatoms. The molecule has 5 nitrogen and oxygen atoms in total. The second-order valence-corrected chi connectivity index (χ2v) is 7.34. The van der Waals surface area contributed by atoms with Crippen molar-refractivity contribution in [2.75, 3.05) is 13.1 Å². The zero-order valence-electron chi connectivity index (χ0n) is 10.6. The number of carboxylic acids is 1. The molecule has 20 heavy (non-hydrogen) atoms. The largest absolute Gasteiger partial charge is 0.481 e. The molecule has 0 aliphatic carbocycles. The predicted molar refractivity (Wildman–Crippen MR) is 70.5 cm³/mol. The molecule has 1 atom stereocenters. The molecule has 1 N–H and O–H groups in total. The summed E-state index contributed by atoms with van der Waals surface area (Å²) in [6.45, 7) is 1.40. The summed E-state index contributed by atoms with van der Waals surface area (Å²) in [4.78, 5) is 10.8. The molecule has 0 amide bonds. The fourth-order valence-corrected chi connectivity index (χ4v) is 4.16. The predicted octanol–water partition coefficient (Wildman–Crippen LogP) is 1.96. The number of benzene rings is 1. The maximum atomic E-state index is 13.2. The zero-order chi connectivity index (χ0) is 15.1. The smallest absolute Gasteiger partial charge is 0.310 e. The molecule has 0 spiro atoms. The first-order chi connectivity index (χ1) is 9.17. The number of nitrogens with zero attached hydrogens (tertiary/aromatic N) is 1. The number of hydrogen-bond acceptors (Lipinski definition) is 3. The van der Waals surface area contributed by atoms with E-state index in [-0.39, 0.29) is 29.4 Å². The van der Waals surface area contributed by atoms with Gasteiger partial charge in [-0.15, -0.1) is 0 Å². The Morgan fingerprint density at radius 1 is 1.50 bits per heavy atom. The van der Waals surface area contributed by atoms with Crippen LogP contribution in [-0.4, -0.2) is 36.9 Å². The van der Waals surface area contributed by atoms with Gasteiger partial charge in [0.2, 0.25) is 10.0 Å². The maximum absolute atomic E-state index is 13.2. The highest BCUT2D eigenvalue weighted by atomic mass is 35.5. The van der Waals surface area contributed by atoms with Crippen LogP contribution in [0.2, 0.25) is 5.02 Å². The normalized spacial score (nSPS) is 23.9. The van der Waals surface area contributed by atoms with Gasteiger partial charge in [0.25, 0.3) is 0 Å². The van der Waals surface area contributed by atoms with E-state index in [1.165, 1.54) is 6.92 Å². The molecular formula is C12H13ClFNO4S. The summed E-state index contributed by atoms with van der Waals surface area (Å²) in [6.07, 6.45) is 0.203. The van der Waals surface area contributed by atoms with Gasteiger partial charge in [0, 0.05) is 13.1 Å². The van der Waals surface area contributed by atoms with Gasteiger partial charge in [0.1, 0.15) is 10.7 Å². The van der Waals surface area contributed by atoms with Gasteiger partial charge in [-0.05, 0) is 31.5 Å². The Balaban J connectivity index is 2.38. The Morgan fingerprint density at radius 2 is 2.15 bits per heavy atom. The topological polar surface area (TPSA) is 74.7 Å². The zero-order valence-corrected chi connectivity index (χ0v) is 12.2. The molecule has 0 aromatic heterocycles. The third-order valence-electron chi connectivity index (χ3n) is 3.47. The molecule has 0 bridgehead atoms. The summed E-state index contributed by atoms with van der Waals surface area (Å²) < 4.78 is 39.0. The Hall–Kier alpha value is -1.18. The number of halogens is 2. The molecule has 0 radical (unpaired) electrons. The average molecular weight is 322 g/mol. The van der Waals surface area contributed by atoms with Gasteiger partial charge >= 0.3 is 5.97 Å². The van der Waals surface area contributed by atoms with E-state index in [1.807, 2.05) is 0 Å². The van der Waals surface area contributed by atoms with Gasteiger partial charge in [-0.3, -0.25) is 4.79 Å². The van der Waals surface area contributed by atoms with Crippen molar-refractivity contribution in [3.8, 4) is 0 Å². The van der Waals surface area contributed by atoms with Gasteiger partial charge in [-0.1, -0.05) is 11.6 Å². The van der Waals surface area contributed by atoms with Crippen molar-refractivity contribution in [1.82, 2.24) is 4.31 Å². The third kappa shape index (κ3) is 2.53. The van der Waals surface area contributed by atoms with Crippen molar-refractivity contribution in [1.29, 1.82) is 0 Å². The first-order valence-electron chi connectivity index (χ1n) is 5.85. The summed E-state index contributed by atoms with van der Waals surface area (Å²) in [5, 5.41) is 9.03. The molecule has 1 aromatic carbocycles. The average Bonchev–Trinajstić information content (AvgIpc) is 2.77. The molecule has 1 aromatic rings.